The molecule has 0 fully saturated rings. The van der Waals surface area contributed by atoms with Crippen LogP contribution in [0.15, 0.2) is 30.3 Å². The lowest BCUT2D eigenvalue weighted by molar-refractivity contribution is 0.0805. The zero-order chi connectivity index (χ0) is 20.7. The van der Waals surface area contributed by atoms with Crippen LogP contribution in [0.5, 0.6) is 0 Å². The van der Waals surface area contributed by atoms with Crippen molar-refractivity contribution in [1.29, 1.82) is 0 Å². The van der Waals surface area contributed by atoms with Gasteiger partial charge in [0.2, 0.25) is 0 Å². The normalized spacial score (nSPS) is 10.7. The summed E-state index contributed by atoms with van der Waals surface area (Å²) in [5, 5.41) is 9.11. The van der Waals surface area contributed by atoms with Crippen molar-refractivity contribution in [3.8, 4) is 0 Å². The van der Waals surface area contributed by atoms with Crippen molar-refractivity contribution in [1.82, 2.24) is 9.80 Å². The van der Waals surface area contributed by atoms with Crippen LogP contribution in [0.2, 0.25) is 0 Å². The van der Waals surface area contributed by atoms with Gasteiger partial charge in [-0.15, -0.1) is 13.2 Å². The molecule has 0 saturated heterocycles. The third kappa shape index (κ3) is 5.73. The van der Waals surface area contributed by atoms with Crippen LogP contribution < -0.4 is 0 Å². The number of likely N-dealkylation sites (N-methyl/N-ethyl adjacent to an activating group) is 2. The van der Waals surface area contributed by atoms with Crippen LogP contribution in [-0.4, -0.2) is 66.7 Å². The molecule has 0 aromatic heterocycles. The maximum atomic E-state index is 13.0. The quantitative estimate of drug-likeness (QED) is 0.255. The molecule has 1 aromatic rings. The number of carbonyl (C=O) groups excluding carboxylic acids is 2. The summed E-state index contributed by atoms with van der Waals surface area (Å²) in [6.45, 7) is 7.85. The molecule has 6 nitrogen and oxygen atoms in total. The Hall–Kier alpha value is -0.540. The lowest BCUT2D eigenvalue weighted by Crippen LogP contribution is -2.32. The summed E-state index contributed by atoms with van der Waals surface area (Å²) < 4.78 is 1.84. The summed E-state index contributed by atoms with van der Waals surface area (Å²) in [6.07, 6.45) is 4.62. The minimum atomic E-state index is -0.239. The number of hydrogen-bond donors (Lipinski definition) is 1. The first-order valence-electron chi connectivity index (χ1n) is 7.79. The van der Waals surface area contributed by atoms with E-state index >= 15 is 0 Å². The van der Waals surface area contributed by atoms with Crippen LogP contribution in [0.1, 0.15) is 20.7 Å². The van der Waals surface area contributed by atoms with Gasteiger partial charge in [-0.3, -0.25) is 14.6 Å². The number of aliphatic imine (C=N–C) groups is 1. The Bertz CT molecular complexity index is 739. The lowest BCUT2D eigenvalue weighted by atomic mass is 10.1. The third-order valence-corrected chi connectivity index (χ3v) is 6.70. The van der Waals surface area contributed by atoms with E-state index in [1.54, 1.807) is 26.2 Å². The van der Waals surface area contributed by atoms with E-state index in [0.717, 1.165) is 0 Å². The van der Waals surface area contributed by atoms with Crippen molar-refractivity contribution in [2.24, 2.45) is 4.99 Å². The van der Waals surface area contributed by atoms with Gasteiger partial charge in [0.15, 0.2) is 0 Å². The van der Waals surface area contributed by atoms with Crippen molar-refractivity contribution in [2.75, 3.05) is 33.8 Å². The Morgan fingerprint density at radius 3 is 1.70 bits per heavy atom. The molecule has 0 unspecified atom stereocenters. The number of amides is 2. The summed E-state index contributed by atoms with van der Waals surface area (Å²) in [5.74, 6) is -0.443. The summed E-state index contributed by atoms with van der Waals surface area (Å²) in [5.41, 5.74) is 1.33. The maximum absolute atomic E-state index is 13.0. The predicted octanol–water partition coefficient (Wildman–Crippen LogP) is 3.71. The molecule has 27 heavy (non-hydrogen) atoms. The molecule has 0 aliphatic carbocycles. The van der Waals surface area contributed by atoms with E-state index in [4.69, 9.17) is 5.11 Å². The average Bonchev–Trinajstić information content (AvgIpc) is 2.61. The molecule has 0 heterocycles. The number of rotatable bonds is 8. The van der Waals surface area contributed by atoms with Gasteiger partial charge in [-0.05, 0) is 67.8 Å². The molecule has 0 saturated carbocycles. The van der Waals surface area contributed by atoms with Crippen LogP contribution in [-0.2, 0) is 0 Å². The Kier molecular flexibility index (Phi) is 10.4. The molecule has 1 N–H and O–H groups in total. The molecule has 1 rings (SSSR count). The second-order valence-corrected chi connectivity index (χ2v) is 8.72. The van der Waals surface area contributed by atoms with E-state index in [0.29, 0.717) is 40.6 Å². The summed E-state index contributed by atoms with van der Waals surface area (Å²) in [6, 6.07) is 0. The van der Waals surface area contributed by atoms with E-state index in [1.807, 2.05) is 22.6 Å². The van der Waals surface area contributed by atoms with Gasteiger partial charge >= 0.3 is 0 Å². The van der Waals surface area contributed by atoms with E-state index in [-0.39, 0.29) is 18.4 Å². The molecule has 146 valence electrons. The summed E-state index contributed by atoms with van der Waals surface area (Å²) >= 11 is 6.17. The van der Waals surface area contributed by atoms with Crippen LogP contribution in [0.3, 0.4) is 0 Å². The van der Waals surface area contributed by atoms with E-state index in [1.165, 1.54) is 16.0 Å². The van der Waals surface area contributed by atoms with Crippen LogP contribution in [0.25, 0.3) is 0 Å². The Morgan fingerprint density at radius 2 is 1.37 bits per heavy atom. The molecule has 0 radical (unpaired) electrons. The van der Waals surface area contributed by atoms with Gasteiger partial charge in [0, 0.05) is 37.0 Å². The first kappa shape index (κ1) is 24.5. The number of carbonyl (C=O) groups is 2. The van der Waals surface area contributed by atoms with Crippen molar-refractivity contribution < 1.29 is 14.7 Å². The zero-order valence-electron chi connectivity index (χ0n) is 15.0. The topological polar surface area (TPSA) is 73.2 Å². The number of aliphatic hydroxyl groups excluding tert-OH is 1. The first-order valence-corrected chi connectivity index (χ1v) is 11.0. The predicted molar refractivity (Wildman–Crippen MR) is 134 cm³/mol. The highest BCUT2D eigenvalue weighted by Crippen LogP contribution is 2.38. The minimum absolute atomic E-state index is 0.221. The van der Waals surface area contributed by atoms with Crippen LogP contribution in [0.4, 0.5) is 5.69 Å². The smallest absolute Gasteiger partial charge is 0.256 e. The molecule has 0 spiro atoms. The largest absolute Gasteiger partial charge is 0.391 e. The Labute approximate surface area is 200 Å². The maximum Gasteiger partial charge on any atom is 0.256 e. The molecule has 9 heteroatoms. The third-order valence-electron chi connectivity index (χ3n) is 3.52. The number of aliphatic hydroxyl groups is 1. The van der Waals surface area contributed by atoms with Crippen LogP contribution in [0, 0.1) is 10.7 Å². The average molecular weight is 707 g/mol. The highest BCUT2D eigenvalue weighted by Gasteiger charge is 2.29. The monoisotopic (exact) mass is 707 g/mol. The van der Waals surface area contributed by atoms with Crippen molar-refractivity contribution in [2.45, 2.75) is 0 Å². The van der Waals surface area contributed by atoms with Gasteiger partial charge < -0.3 is 14.9 Å². The standard InChI is InChI=1S/C18H20I3N3O3/c1-5-8-23(3)17(26)11-13(19)12(18(27)24(4)9-6-2)15(21)16(14(11)20)22-7-10-25/h5-7,25H,1-2,8-10H2,3-4H3. The van der Waals surface area contributed by atoms with E-state index in [2.05, 4.69) is 63.3 Å². The molecule has 1 aromatic carbocycles. The fourth-order valence-corrected chi connectivity index (χ4v) is 6.57. The van der Waals surface area contributed by atoms with Gasteiger partial charge in [0.05, 0.1) is 30.6 Å². The Balaban J connectivity index is 3.77. The molecule has 0 atom stereocenters. The van der Waals surface area contributed by atoms with Gasteiger partial charge in [-0.25, -0.2) is 0 Å². The fourth-order valence-electron chi connectivity index (χ4n) is 2.21. The SMILES string of the molecule is C=CCN(C)C(=O)c1c(I)c(N=CCO)c(I)c(C(=O)N(C)CC=C)c1I. The number of nitrogens with zero attached hydrogens (tertiary/aromatic N) is 3. The number of halogens is 3. The minimum Gasteiger partial charge on any atom is -0.391 e. The first-order chi connectivity index (χ1) is 12.7. The van der Waals surface area contributed by atoms with Gasteiger partial charge in [-0.1, -0.05) is 12.2 Å². The second kappa shape index (κ2) is 11.5. The zero-order valence-corrected chi connectivity index (χ0v) is 21.5. The van der Waals surface area contributed by atoms with Crippen molar-refractivity contribution in [3.05, 3.63) is 47.1 Å². The van der Waals surface area contributed by atoms with E-state index in [9.17, 15) is 9.59 Å². The van der Waals surface area contributed by atoms with Gasteiger partial charge in [0.1, 0.15) is 0 Å². The van der Waals surface area contributed by atoms with Crippen molar-refractivity contribution in [3.63, 3.8) is 0 Å². The molecular weight excluding hydrogens is 687 g/mol. The van der Waals surface area contributed by atoms with Gasteiger partial charge in [0.25, 0.3) is 11.8 Å². The summed E-state index contributed by atoms with van der Waals surface area (Å²) in [4.78, 5) is 33.4. The summed E-state index contributed by atoms with van der Waals surface area (Å²) in [7, 11) is 3.35. The van der Waals surface area contributed by atoms with Crippen molar-refractivity contribution >= 4 is 91.5 Å². The second-order valence-electron chi connectivity index (χ2n) is 5.48. The Morgan fingerprint density at radius 1 is 0.963 bits per heavy atom. The molecular formula is C18H20I3N3O3. The highest BCUT2D eigenvalue weighted by atomic mass is 127. The van der Waals surface area contributed by atoms with E-state index < -0.39 is 0 Å². The number of hydrogen-bond acceptors (Lipinski definition) is 4. The fraction of sp³-hybridized carbons (Fsp3) is 0.278. The molecule has 2 amide bonds. The lowest BCUT2D eigenvalue weighted by Gasteiger charge is -2.23. The highest BCUT2D eigenvalue weighted by molar-refractivity contribution is 14.1. The molecule has 0 aliphatic heterocycles. The van der Waals surface area contributed by atoms with Crippen LogP contribution >= 0.6 is 67.8 Å². The molecule has 0 aliphatic rings. The molecule has 0 bridgehead atoms. The number of benzene rings is 1. The van der Waals surface area contributed by atoms with Gasteiger partial charge in [-0.2, -0.15) is 0 Å².